The minimum absolute atomic E-state index is 0.214. The molecule has 134 valence electrons. The number of nitrogens with one attached hydrogen (secondary N) is 1. The summed E-state index contributed by atoms with van der Waals surface area (Å²) in [5, 5.41) is 9.67. The number of aromatic amines is 1. The highest BCUT2D eigenvalue weighted by molar-refractivity contribution is 6.30. The first kappa shape index (κ1) is 19.3. The third kappa shape index (κ3) is 4.32. The summed E-state index contributed by atoms with van der Waals surface area (Å²) in [5.74, 6) is -1.32. The lowest BCUT2D eigenvalue weighted by Crippen LogP contribution is -2.12. The molecule has 0 aliphatic heterocycles. The Kier molecular flexibility index (Phi) is 6.21. The van der Waals surface area contributed by atoms with Gasteiger partial charge in [0.05, 0.1) is 12.2 Å². The normalized spacial score (nSPS) is 11.1. The molecule has 0 radical (unpaired) electrons. The van der Waals surface area contributed by atoms with Gasteiger partial charge in [0.25, 0.3) is 5.91 Å². The van der Waals surface area contributed by atoms with Crippen molar-refractivity contribution < 1.29 is 14.3 Å². The number of nitriles is 1. The fraction of sp³-hybridized carbons (Fsp3) is 0.211. The molecule has 26 heavy (non-hydrogen) atoms. The Balaban J connectivity index is 2.61. The highest BCUT2D eigenvalue weighted by atomic mass is 35.5. The van der Waals surface area contributed by atoms with E-state index in [9.17, 15) is 9.59 Å². The minimum atomic E-state index is -0.842. The second-order valence-electron chi connectivity index (χ2n) is 5.58. The molecule has 2 aromatic rings. The van der Waals surface area contributed by atoms with Crippen LogP contribution in [0.4, 0.5) is 0 Å². The number of amides is 1. The van der Waals surface area contributed by atoms with Crippen molar-refractivity contribution in [3.8, 4) is 6.07 Å². The van der Waals surface area contributed by atoms with Crippen molar-refractivity contribution in [2.75, 3.05) is 6.61 Å². The average Bonchev–Trinajstić information content (AvgIpc) is 2.87. The summed E-state index contributed by atoms with van der Waals surface area (Å²) in [7, 11) is 0. The quantitative estimate of drug-likeness (QED) is 0.461. The zero-order valence-electron chi connectivity index (χ0n) is 14.4. The van der Waals surface area contributed by atoms with Crippen molar-refractivity contribution in [1.29, 1.82) is 5.26 Å². The fourth-order valence-electron chi connectivity index (χ4n) is 2.64. The van der Waals surface area contributed by atoms with Crippen LogP contribution in [-0.2, 0) is 16.0 Å². The number of halogens is 1. The summed E-state index contributed by atoms with van der Waals surface area (Å²) in [6.45, 7) is 3.68. The number of nitrogens with zero attached hydrogens (tertiary/aromatic N) is 1. The Morgan fingerprint density at radius 1 is 1.42 bits per heavy atom. The monoisotopic (exact) mass is 371 g/mol. The van der Waals surface area contributed by atoms with Crippen LogP contribution < -0.4 is 5.73 Å². The van der Waals surface area contributed by atoms with E-state index in [0.29, 0.717) is 34.0 Å². The molecule has 1 heterocycles. The summed E-state index contributed by atoms with van der Waals surface area (Å²) in [5.41, 5.74) is 7.89. The molecule has 0 saturated heterocycles. The van der Waals surface area contributed by atoms with Gasteiger partial charge in [0.2, 0.25) is 0 Å². The van der Waals surface area contributed by atoms with E-state index < -0.39 is 11.9 Å². The van der Waals surface area contributed by atoms with Crippen LogP contribution in [0.1, 0.15) is 39.8 Å². The van der Waals surface area contributed by atoms with Gasteiger partial charge in [-0.15, -0.1) is 0 Å². The van der Waals surface area contributed by atoms with Crippen LogP contribution >= 0.6 is 11.6 Å². The topological polar surface area (TPSA) is 109 Å². The lowest BCUT2D eigenvalue weighted by molar-refractivity contribution is -0.114. The predicted octanol–water partition coefficient (Wildman–Crippen LogP) is 3.14. The molecule has 0 aliphatic carbocycles. The molecular weight excluding hydrogens is 354 g/mol. The van der Waals surface area contributed by atoms with Gasteiger partial charge in [-0.3, -0.25) is 4.79 Å². The number of rotatable bonds is 6. The Hall–Kier alpha value is -3.04. The van der Waals surface area contributed by atoms with Gasteiger partial charge in [-0.1, -0.05) is 23.7 Å². The van der Waals surface area contributed by atoms with Crippen molar-refractivity contribution in [3.05, 3.63) is 62.9 Å². The van der Waals surface area contributed by atoms with E-state index in [-0.39, 0.29) is 12.2 Å². The summed E-state index contributed by atoms with van der Waals surface area (Å²) in [4.78, 5) is 26.8. The van der Waals surface area contributed by atoms with Crippen molar-refractivity contribution in [1.82, 2.24) is 4.98 Å². The first-order chi connectivity index (χ1) is 12.4. The average molecular weight is 372 g/mol. The summed E-state index contributed by atoms with van der Waals surface area (Å²) < 4.78 is 5.14. The lowest BCUT2D eigenvalue weighted by atomic mass is 9.99. The highest BCUT2D eigenvalue weighted by Crippen LogP contribution is 2.26. The molecule has 1 aromatic heterocycles. The first-order valence-electron chi connectivity index (χ1n) is 7.92. The van der Waals surface area contributed by atoms with E-state index >= 15 is 0 Å². The number of benzene rings is 1. The Bertz CT molecular complexity index is 923. The van der Waals surface area contributed by atoms with Crippen LogP contribution in [-0.4, -0.2) is 23.5 Å². The number of hydrogen-bond donors (Lipinski definition) is 2. The summed E-state index contributed by atoms with van der Waals surface area (Å²) >= 11 is 6.04. The molecule has 1 aromatic carbocycles. The summed E-state index contributed by atoms with van der Waals surface area (Å²) in [6.07, 6.45) is 1.71. The van der Waals surface area contributed by atoms with Crippen LogP contribution in [0.25, 0.3) is 6.08 Å². The van der Waals surface area contributed by atoms with Gasteiger partial charge in [0, 0.05) is 22.8 Å². The molecule has 0 aliphatic rings. The molecule has 0 atom stereocenters. The number of primary amides is 1. The summed E-state index contributed by atoms with van der Waals surface area (Å²) in [6, 6.07) is 8.97. The number of aryl methyl sites for hydroxylation is 1. The molecule has 1 amide bonds. The van der Waals surface area contributed by atoms with Crippen molar-refractivity contribution in [2.45, 2.75) is 20.3 Å². The van der Waals surface area contributed by atoms with Crippen LogP contribution in [0.3, 0.4) is 0 Å². The Morgan fingerprint density at radius 2 is 2.15 bits per heavy atom. The third-order valence-corrected chi connectivity index (χ3v) is 3.98. The number of H-pyrrole nitrogens is 1. The third-order valence-electron chi connectivity index (χ3n) is 3.75. The number of nitrogens with two attached hydrogens (primary N) is 1. The largest absolute Gasteiger partial charge is 0.462 e. The Labute approximate surface area is 156 Å². The highest BCUT2D eigenvalue weighted by Gasteiger charge is 2.22. The zero-order valence-corrected chi connectivity index (χ0v) is 15.2. The van der Waals surface area contributed by atoms with Gasteiger partial charge >= 0.3 is 5.97 Å². The molecule has 7 heteroatoms. The smallest absolute Gasteiger partial charge is 0.340 e. The molecule has 3 N–H and O–H groups in total. The standard InChI is InChI=1S/C19H18ClN3O3/c1-3-26-19(25)17-11(2)23-16(9-13(10-21)18(22)24)15(17)8-12-5-4-6-14(20)7-12/h4-7,9,23H,3,8H2,1-2H3,(H2,22,24)/b13-9-. The molecular formula is C19H18ClN3O3. The number of ether oxygens (including phenoxy) is 1. The molecule has 0 unspecified atom stereocenters. The number of carbonyl (C=O) groups excluding carboxylic acids is 2. The SMILES string of the molecule is CCOC(=O)c1c(C)[nH]c(/C=C(/C#N)C(N)=O)c1Cc1cccc(Cl)c1. The van der Waals surface area contributed by atoms with Crippen LogP contribution in [0.5, 0.6) is 0 Å². The zero-order chi connectivity index (χ0) is 19.3. The maximum atomic E-state index is 12.4. The molecule has 0 bridgehead atoms. The van der Waals surface area contributed by atoms with Crippen LogP contribution in [0.15, 0.2) is 29.8 Å². The second-order valence-corrected chi connectivity index (χ2v) is 6.01. The van der Waals surface area contributed by atoms with Crippen molar-refractivity contribution in [3.63, 3.8) is 0 Å². The fourth-order valence-corrected chi connectivity index (χ4v) is 2.85. The number of carbonyl (C=O) groups is 2. The van der Waals surface area contributed by atoms with Gasteiger partial charge in [-0.25, -0.2) is 4.79 Å². The van der Waals surface area contributed by atoms with Gasteiger partial charge in [-0.05, 0) is 43.2 Å². The van der Waals surface area contributed by atoms with E-state index in [4.69, 9.17) is 27.3 Å². The number of hydrogen-bond acceptors (Lipinski definition) is 4. The molecule has 0 fully saturated rings. The molecule has 0 saturated carbocycles. The maximum Gasteiger partial charge on any atom is 0.340 e. The minimum Gasteiger partial charge on any atom is -0.462 e. The maximum absolute atomic E-state index is 12.4. The van der Waals surface area contributed by atoms with Crippen LogP contribution in [0, 0.1) is 18.3 Å². The van der Waals surface area contributed by atoms with E-state index in [2.05, 4.69) is 4.98 Å². The van der Waals surface area contributed by atoms with E-state index in [1.807, 2.05) is 6.07 Å². The van der Waals surface area contributed by atoms with E-state index in [1.54, 1.807) is 38.1 Å². The lowest BCUT2D eigenvalue weighted by Gasteiger charge is -2.07. The molecule has 6 nitrogen and oxygen atoms in total. The van der Waals surface area contributed by atoms with Gasteiger partial charge in [-0.2, -0.15) is 5.26 Å². The second kappa shape index (κ2) is 8.37. The van der Waals surface area contributed by atoms with E-state index in [1.165, 1.54) is 6.08 Å². The van der Waals surface area contributed by atoms with Crippen molar-refractivity contribution in [2.24, 2.45) is 5.73 Å². The van der Waals surface area contributed by atoms with Crippen molar-refractivity contribution >= 4 is 29.6 Å². The molecule has 2 rings (SSSR count). The van der Waals surface area contributed by atoms with Gasteiger partial charge in [0.1, 0.15) is 11.6 Å². The van der Waals surface area contributed by atoms with Crippen LogP contribution in [0.2, 0.25) is 5.02 Å². The number of aromatic nitrogens is 1. The number of esters is 1. The Morgan fingerprint density at radius 3 is 2.73 bits per heavy atom. The van der Waals surface area contributed by atoms with E-state index in [0.717, 1.165) is 5.56 Å². The van der Waals surface area contributed by atoms with Gasteiger partial charge < -0.3 is 15.5 Å². The predicted molar refractivity (Wildman–Crippen MR) is 98.5 cm³/mol. The first-order valence-corrected chi connectivity index (χ1v) is 8.29. The van der Waals surface area contributed by atoms with Gasteiger partial charge in [0.15, 0.2) is 0 Å². The molecule has 0 spiro atoms.